The number of rotatable bonds is 6. The van der Waals surface area contributed by atoms with Crippen LogP contribution >= 0.6 is 0 Å². The molecule has 3 rings (SSSR count). The molecule has 0 radical (unpaired) electrons. The van der Waals surface area contributed by atoms with E-state index in [1.807, 2.05) is 60.7 Å². The Labute approximate surface area is 147 Å². The van der Waals surface area contributed by atoms with Gasteiger partial charge in [0, 0.05) is 5.56 Å². The summed E-state index contributed by atoms with van der Waals surface area (Å²) < 4.78 is 27.5. The van der Waals surface area contributed by atoms with Gasteiger partial charge in [-0.3, -0.25) is 0 Å². The van der Waals surface area contributed by atoms with Crippen LogP contribution in [-0.4, -0.2) is 29.4 Å². The van der Waals surface area contributed by atoms with Gasteiger partial charge in [-0.25, -0.2) is 22.8 Å². The zero-order valence-electron chi connectivity index (χ0n) is 14.1. The lowest BCUT2D eigenvalue weighted by molar-refractivity contribution is 0.541. The maximum absolute atomic E-state index is 11.6. The fourth-order valence-corrected chi connectivity index (χ4v) is 3.38. The second kappa shape index (κ2) is 7.16. The lowest BCUT2D eigenvalue weighted by atomic mass is 10.2. The Morgan fingerprint density at radius 2 is 1.64 bits per heavy atom. The Morgan fingerprint density at radius 1 is 1.04 bits per heavy atom. The van der Waals surface area contributed by atoms with Crippen LogP contribution in [-0.2, 0) is 16.6 Å². The van der Waals surface area contributed by atoms with Crippen LogP contribution in [0.15, 0.2) is 60.7 Å². The molecule has 0 amide bonds. The van der Waals surface area contributed by atoms with E-state index in [4.69, 9.17) is 0 Å². The Kier molecular flexibility index (Phi) is 4.96. The monoisotopic (exact) mass is 356 g/mol. The Morgan fingerprint density at radius 3 is 2.24 bits per heavy atom. The Hall–Kier alpha value is -2.51. The lowest BCUT2D eigenvalue weighted by Gasteiger charge is -2.13. The van der Waals surface area contributed by atoms with Gasteiger partial charge in [-0.15, -0.1) is 0 Å². The molecule has 0 unspecified atom stereocenters. The van der Waals surface area contributed by atoms with Crippen molar-refractivity contribution in [2.45, 2.75) is 19.5 Å². The highest BCUT2D eigenvalue weighted by atomic mass is 32.2. The van der Waals surface area contributed by atoms with Crippen LogP contribution in [0.3, 0.4) is 0 Å². The third kappa shape index (κ3) is 4.52. The highest BCUT2D eigenvalue weighted by Gasteiger charge is 2.20. The van der Waals surface area contributed by atoms with Crippen molar-refractivity contribution in [1.82, 2.24) is 19.5 Å². The van der Waals surface area contributed by atoms with Gasteiger partial charge in [0.15, 0.2) is 5.82 Å². The molecular formula is C18H20N4O2S. The summed E-state index contributed by atoms with van der Waals surface area (Å²) in [5.41, 5.74) is 1.96. The van der Waals surface area contributed by atoms with Gasteiger partial charge in [0.05, 0.1) is 18.8 Å². The fourth-order valence-electron chi connectivity index (χ4n) is 2.63. The second-order valence-corrected chi connectivity index (χ2v) is 7.69. The van der Waals surface area contributed by atoms with Crippen molar-refractivity contribution in [3.63, 3.8) is 0 Å². The van der Waals surface area contributed by atoms with E-state index in [2.05, 4.69) is 14.8 Å². The third-order valence-corrected chi connectivity index (χ3v) is 4.47. The zero-order valence-corrected chi connectivity index (χ0v) is 14.9. The predicted molar refractivity (Wildman–Crippen MR) is 97.4 cm³/mol. The molecule has 1 atom stereocenters. The van der Waals surface area contributed by atoms with Gasteiger partial charge in [0.2, 0.25) is 10.0 Å². The molecule has 0 spiro atoms. The summed E-state index contributed by atoms with van der Waals surface area (Å²) in [6.07, 6.45) is 1.14. The molecule has 2 aromatic carbocycles. The minimum atomic E-state index is -3.35. The van der Waals surface area contributed by atoms with Crippen LogP contribution in [0.4, 0.5) is 0 Å². The highest BCUT2D eigenvalue weighted by Crippen LogP contribution is 2.20. The molecule has 0 aliphatic heterocycles. The number of aromatic nitrogens is 3. The smallest absolute Gasteiger partial charge is 0.209 e. The normalized spacial score (nSPS) is 12.9. The average molecular weight is 356 g/mol. The molecule has 1 heterocycles. The van der Waals surface area contributed by atoms with Crippen LogP contribution in [0.5, 0.6) is 0 Å². The number of nitrogens with one attached hydrogen (secondary N) is 1. The summed E-state index contributed by atoms with van der Waals surface area (Å²) in [6.45, 7) is 2.28. The van der Waals surface area contributed by atoms with Gasteiger partial charge < -0.3 is 0 Å². The molecule has 0 saturated heterocycles. The Bertz CT molecular complexity index is 938. The van der Waals surface area contributed by atoms with Gasteiger partial charge in [-0.1, -0.05) is 60.7 Å². The number of hydrogen-bond acceptors (Lipinski definition) is 4. The van der Waals surface area contributed by atoms with Crippen LogP contribution in [0.2, 0.25) is 0 Å². The van der Waals surface area contributed by atoms with Crippen molar-refractivity contribution >= 4 is 10.0 Å². The summed E-state index contributed by atoms with van der Waals surface area (Å²) in [5.74, 6) is 1.15. The largest absolute Gasteiger partial charge is 0.243 e. The molecule has 1 N–H and O–H groups in total. The minimum absolute atomic E-state index is 0.483. The molecule has 25 heavy (non-hydrogen) atoms. The minimum Gasteiger partial charge on any atom is -0.243 e. The van der Waals surface area contributed by atoms with E-state index in [0.29, 0.717) is 18.2 Å². The van der Waals surface area contributed by atoms with Crippen molar-refractivity contribution in [2.75, 3.05) is 6.26 Å². The maximum Gasteiger partial charge on any atom is 0.209 e. The van der Waals surface area contributed by atoms with Crippen molar-refractivity contribution < 1.29 is 8.42 Å². The number of sulfonamides is 1. The first-order valence-electron chi connectivity index (χ1n) is 7.94. The van der Waals surface area contributed by atoms with E-state index in [1.165, 1.54) is 0 Å². The highest BCUT2D eigenvalue weighted by molar-refractivity contribution is 7.88. The standard InChI is InChI=1S/C18H20N4O2S/c1-14(21-25(2,23)24)18-19-17(16-11-7-4-8-12-16)20-22(18)13-15-9-5-3-6-10-15/h3-12,14,21H,13H2,1-2H3/t14-/m1/s1. The summed E-state index contributed by atoms with van der Waals surface area (Å²) in [6, 6.07) is 19.0. The van der Waals surface area contributed by atoms with E-state index in [9.17, 15) is 8.42 Å². The number of benzene rings is 2. The molecule has 6 nitrogen and oxygen atoms in total. The third-order valence-electron chi connectivity index (χ3n) is 3.69. The molecule has 3 aromatic rings. The van der Waals surface area contributed by atoms with Crippen LogP contribution in [0.25, 0.3) is 11.4 Å². The van der Waals surface area contributed by atoms with Crippen molar-refractivity contribution in [3.05, 3.63) is 72.1 Å². The van der Waals surface area contributed by atoms with E-state index in [0.717, 1.165) is 17.4 Å². The molecule has 0 aliphatic carbocycles. The molecule has 7 heteroatoms. The van der Waals surface area contributed by atoms with Crippen LogP contribution in [0, 0.1) is 0 Å². The summed E-state index contributed by atoms with van der Waals surface area (Å²) >= 11 is 0. The molecule has 0 saturated carbocycles. The van der Waals surface area contributed by atoms with Crippen LogP contribution < -0.4 is 4.72 Å². The molecule has 0 aliphatic rings. The second-order valence-electron chi connectivity index (χ2n) is 5.91. The first-order valence-corrected chi connectivity index (χ1v) is 9.83. The van der Waals surface area contributed by atoms with Crippen molar-refractivity contribution in [2.24, 2.45) is 0 Å². The Balaban J connectivity index is 2.00. The quantitative estimate of drug-likeness (QED) is 0.736. The van der Waals surface area contributed by atoms with Gasteiger partial charge in [0.25, 0.3) is 0 Å². The van der Waals surface area contributed by atoms with E-state index < -0.39 is 16.1 Å². The summed E-state index contributed by atoms with van der Waals surface area (Å²) in [4.78, 5) is 4.59. The molecule has 0 fully saturated rings. The predicted octanol–water partition coefficient (Wildman–Crippen LogP) is 2.60. The van der Waals surface area contributed by atoms with Crippen molar-refractivity contribution in [1.29, 1.82) is 0 Å². The van der Waals surface area contributed by atoms with E-state index >= 15 is 0 Å². The lowest BCUT2D eigenvalue weighted by Crippen LogP contribution is -2.28. The zero-order chi connectivity index (χ0) is 17.9. The molecule has 0 bridgehead atoms. The SMILES string of the molecule is C[C@@H](NS(C)(=O)=O)c1nc(-c2ccccc2)nn1Cc1ccccc1. The number of nitrogens with zero attached hydrogens (tertiary/aromatic N) is 3. The van der Waals surface area contributed by atoms with Crippen molar-refractivity contribution in [3.8, 4) is 11.4 Å². The summed E-state index contributed by atoms with van der Waals surface area (Å²) in [7, 11) is -3.35. The first-order chi connectivity index (χ1) is 11.9. The van der Waals surface area contributed by atoms with Gasteiger partial charge in [-0.05, 0) is 12.5 Å². The number of hydrogen-bond donors (Lipinski definition) is 1. The van der Waals surface area contributed by atoms with E-state index in [1.54, 1.807) is 11.6 Å². The van der Waals surface area contributed by atoms with Gasteiger partial charge in [-0.2, -0.15) is 5.10 Å². The molecule has 1 aromatic heterocycles. The maximum atomic E-state index is 11.6. The van der Waals surface area contributed by atoms with Gasteiger partial charge in [0.1, 0.15) is 5.82 Å². The average Bonchev–Trinajstić information content (AvgIpc) is 2.99. The molecular weight excluding hydrogens is 336 g/mol. The fraction of sp³-hybridized carbons (Fsp3) is 0.222. The van der Waals surface area contributed by atoms with Gasteiger partial charge >= 0.3 is 0 Å². The van der Waals surface area contributed by atoms with E-state index in [-0.39, 0.29) is 0 Å². The summed E-state index contributed by atoms with van der Waals surface area (Å²) in [5, 5.41) is 4.60. The topological polar surface area (TPSA) is 76.9 Å². The first kappa shape index (κ1) is 17.3. The van der Waals surface area contributed by atoms with Crippen LogP contribution in [0.1, 0.15) is 24.4 Å². The molecule has 130 valence electrons.